The van der Waals surface area contributed by atoms with E-state index in [9.17, 15) is 18.1 Å². The summed E-state index contributed by atoms with van der Waals surface area (Å²) in [6.45, 7) is 0.977. The van der Waals surface area contributed by atoms with Gasteiger partial charge in [-0.2, -0.15) is 5.26 Å². The lowest BCUT2D eigenvalue weighted by Crippen LogP contribution is -2.22. The van der Waals surface area contributed by atoms with Crippen LogP contribution >= 0.6 is 0 Å². The van der Waals surface area contributed by atoms with E-state index >= 15 is 0 Å². The van der Waals surface area contributed by atoms with Crippen LogP contribution in [0.5, 0.6) is 11.5 Å². The van der Waals surface area contributed by atoms with Crippen molar-refractivity contribution < 1.29 is 27.0 Å². The van der Waals surface area contributed by atoms with Crippen molar-refractivity contribution in [1.29, 1.82) is 5.26 Å². The molecule has 0 spiro atoms. The Morgan fingerprint density at radius 2 is 1.97 bits per heavy atom. The van der Waals surface area contributed by atoms with Crippen molar-refractivity contribution in [1.82, 2.24) is 14.8 Å². The van der Waals surface area contributed by atoms with Crippen LogP contribution in [0.1, 0.15) is 29.3 Å². The van der Waals surface area contributed by atoms with Crippen LogP contribution in [0.15, 0.2) is 36.4 Å². The molecule has 0 aliphatic carbocycles. The molecule has 184 valence electrons. The Morgan fingerprint density at radius 3 is 2.60 bits per heavy atom. The summed E-state index contributed by atoms with van der Waals surface area (Å²) in [5.41, 5.74) is 0.967. The summed E-state index contributed by atoms with van der Waals surface area (Å²) >= 11 is 0. The van der Waals surface area contributed by atoms with Gasteiger partial charge < -0.3 is 14.2 Å². The quantitative estimate of drug-likeness (QED) is 0.474. The van der Waals surface area contributed by atoms with Crippen molar-refractivity contribution in [3.05, 3.63) is 59.2 Å². The van der Waals surface area contributed by atoms with Gasteiger partial charge in [-0.15, -0.1) is 10.2 Å². The first kappa shape index (κ1) is 24.4. The van der Waals surface area contributed by atoms with Gasteiger partial charge in [0.05, 0.1) is 38.2 Å². The smallest absolute Gasteiger partial charge is 0.243 e. The molecule has 3 aromatic rings. The second-order valence-corrected chi connectivity index (χ2v) is 9.71. The molecule has 1 aliphatic rings. The predicted molar refractivity (Wildman–Crippen MR) is 125 cm³/mol. The molecule has 1 N–H and O–H groups in total. The fourth-order valence-corrected chi connectivity index (χ4v) is 4.94. The zero-order valence-corrected chi connectivity index (χ0v) is 20.0. The maximum absolute atomic E-state index is 13.4. The summed E-state index contributed by atoms with van der Waals surface area (Å²) in [7, 11) is -0.937. The largest absolute Gasteiger partial charge is 0.494 e. The van der Waals surface area contributed by atoms with Crippen LogP contribution in [-0.4, -0.2) is 56.4 Å². The van der Waals surface area contributed by atoms with E-state index < -0.39 is 15.8 Å². The number of halogens is 1. The molecule has 0 saturated carbocycles. The number of anilines is 1. The summed E-state index contributed by atoms with van der Waals surface area (Å²) in [6.07, 6.45) is 0.706. The van der Waals surface area contributed by atoms with Crippen LogP contribution < -0.4 is 14.2 Å². The molecule has 0 radical (unpaired) electrons. The van der Waals surface area contributed by atoms with Crippen LogP contribution in [0, 0.1) is 17.1 Å². The number of para-hydroxylation sites is 1. The van der Waals surface area contributed by atoms with Crippen molar-refractivity contribution in [3.8, 4) is 23.3 Å². The number of nitrogens with one attached hydrogen (secondary N) is 1. The number of hydrogen-bond acceptors (Lipinski definition) is 8. The number of hydrogen-bond donors (Lipinski definition) is 1. The zero-order valence-electron chi connectivity index (χ0n) is 19.2. The van der Waals surface area contributed by atoms with Crippen LogP contribution in [0.25, 0.3) is 5.69 Å². The van der Waals surface area contributed by atoms with Crippen molar-refractivity contribution in [2.45, 2.75) is 18.8 Å². The average molecular weight is 502 g/mol. The first-order valence-electron chi connectivity index (χ1n) is 10.8. The third-order valence-electron chi connectivity index (χ3n) is 5.69. The molecule has 35 heavy (non-hydrogen) atoms. The van der Waals surface area contributed by atoms with Crippen molar-refractivity contribution in [3.63, 3.8) is 0 Å². The fraction of sp³-hybridized carbons (Fsp3) is 0.348. The second kappa shape index (κ2) is 10.3. The lowest BCUT2D eigenvalue weighted by atomic mass is 10.1. The maximum Gasteiger partial charge on any atom is 0.243 e. The Kier molecular flexibility index (Phi) is 7.18. The minimum atomic E-state index is -3.94. The fourth-order valence-electron chi connectivity index (χ4n) is 3.94. The number of benzene rings is 2. The van der Waals surface area contributed by atoms with Crippen molar-refractivity contribution in [2.24, 2.45) is 0 Å². The number of methoxy groups -OCH3 is 2. The third kappa shape index (κ3) is 5.21. The molecule has 1 unspecified atom stereocenters. The molecule has 0 amide bonds. The topological polar surface area (TPSA) is 128 Å². The van der Waals surface area contributed by atoms with E-state index in [1.165, 1.54) is 26.4 Å². The molecule has 1 aromatic heterocycles. The normalized spacial score (nSPS) is 15.5. The monoisotopic (exact) mass is 501 g/mol. The molecule has 10 nitrogen and oxygen atoms in total. The second-order valence-electron chi connectivity index (χ2n) is 7.87. The Morgan fingerprint density at radius 1 is 1.23 bits per heavy atom. The number of nitrogens with zero attached hydrogens (tertiary/aromatic N) is 4. The number of aromatic nitrogens is 3. The summed E-state index contributed by atoms with van der Waals surface area (Å²) in [6, 6.07) is 10.8. The third-order valence-corrected chi connectivity index (χ3v) is 6.92. The summed E-state index contributed by atoms with van der Waals surface area (Å²) in [5, 5.41) is 17.6. The Balaban J connectivity index is 1.70. The Hall–Kier alpha value is -3.69. The first-order chi connectivity index (χ1) is 16.9. The van der Waals surface area contributed by atoms with Crippen molar-refractivity contribution in [2.75, 3.05) is 37.9 Å². The molecule has 12 heteroatoms. The molecule has 2 heterocycles. The molecule has 0 bridgehead atoms. The summed E-state index contributed by atoms with van der Waals surface area (Å²) in [5.74, 6) is 0.332. The molecule has 1 aliphatic heterocycles. The minimum absolute atomic E-state index is 0.00788. The van der Waals surface area contributed by atoms with Gasteiger partial charge in [0, 0.05) is 12.5 Å². The van der Waals surface area contributed by atoms with Gasteiger partial charge in [-0.1, -0.05) is 12.1 Å². The standard InChI is InChI=1S/C23H24FN5O5S/c1-32-19-4-3-5-20(33-2)21(19)29-22(16-8-10-34-14-16)26-27-23(29)28-35(30,31)11-9-15-6-7-18(24)12-17(15)13-25/h3-7,12,16H,8-11,14H2,1-2H3,(H,27,28). The van der Waals surface area contributed by atoms with Gasteiger partial charge in [-0.3, -0.25) is 9.29 Å². The SMILES string of the molecule is COc1cccc(OC)c1-n1c(NS(=O)(=O)CCc2ccc(F)cc2C#N)nnc1C1CCOC1. The van der Waals surface area contributed by atoms with Gasteiger partial charge in [0.25, 0.3) is 0 Å². The molecule has 2 aromatic carbocycles. The van der Waals surface area contributed by atoms with Gasteiger partial charge in [-0.05, 0) is 42.7 Å². The molecule has 4 rings (SSSR count). The van der Waals surface area contributed by atoms with Crippen LogP contribution in [-0.2, 0) is 21.2 Å². The van der Waals surface area contributed by atoms with Gasteiger partial charge in [0.1, 0.15) is 28.8 Å². The highest BCUT2D eigenvalue weighted by atomic mass is 32.2. The number of sulfonamides is 1. The lowest BCUT2D eigenvalue weighted by molar-refractivity contribution is 0.193. The van der Waals surface area contributed by atoms with Gasteiger partial charge in [0.2, 0.25) is 16.0 Å². The number of rotatable bonds is 9. The first-order valence-corrected chi connectivity index (χ1v) is 12.5. The minimum Gasteiger partial charge on any atom is -0.494 e. The highest BCUT2D eigenvalue weighted by molar-refractivity contribution is 7.92. The van der Waals surface area contributed by atoms with Gasteiger partial charge in [-0.25, -0.2) is 12.8 Å². The van der Waals surface area contributed by atoms with E-state index in [1.54, 1.807) is 22.8 Å². The molecule has 1 atom stereocenters. The molecule has 1 saturated heterocycles. The van der Waals surface area contributed by atoms with E-state index in [4.69, 9.17) is 14.2 Å². The summed E-state index contributed by atoms with van der Waals surface area (Å²) in [4.78, 5) is 0. The number of nitriles is 1. The molecular weight excluding hydrogens is 477 g/mol. The average Bonchev–Trinajstić information content (AvgIpc) is 3.52. The molecular formula is C23H24FN5O5S. The Bertz CT molecular complexity index is 1340. The van der Waals surface area contributed by atoms with E-state index in [2.05, 4.69) is 14.9 Å². The summed E-state index contributed by atoms with van der Waals surface area (Å²) < 4.78 is 60.1. The van der Waals surface area contributed by atoms with E-state index in [0.717, 1.165) is 6.07 Å². The number of aryl methyl sites for hydroxylation is 1. The van der Waals surface area contributed by atoms with E-state index in [-0.39, 0.29) is 29.6 Å². The van der Waals surface area contributed by atoms with Crippen LogP contribution in [0.3, 0.4) is 0 Å². The van der Waals surface area contributed by atoms with E-state index in [1.807, 2.05) is 6.07 Å². The van der Waals surface area contributed by atoms with Crippen LogP contribution in [0.2, 0.25) is 0 Å². The lowest BCUT2D eigenvalue weighted by Gasteiger charge is -2.19. The number of ether oxygens (including phenoxy) is 3. The highest BCUT2D eigenvalue weighted by Crippen LogP contribution is 2.38. The Labute approximate surface area is 202 Å². The van der Waals surface area contributed by atoms with Gasteiger partial charge in [0.15, 0.2) is 0 Å². The van der Waals surface area contributed by atoms with E-state index in [0.29, 0.717) is 48.2 Å². The maximum atomic E-state index is 13.4. The zero-order chi connectivity index (χ0) is 25.0. The van der Waals surface area contributed by atoms with Crippen molar-refractivity contribution >= 4 is 16.0 Å². The van der Waals surface area contributed by atoms with Gasteiger partial charge >= 0.3 is 0 Å². The van der Waals surface area contributed by atoms with Crippen LogP contribution in [0.4, 0.5) is 10.3 Å². The molecule has 1 fully saturated rings. The predicted octanol–water partition coefficient (Wildman–Crippen LogP) is 2.78. The highest BCUT2D eigenvalue weighted by Gasteiger charge is 2.30.